The fourth-order valence-electron chi connectivity index (χ4n) is 1.76. The fourth-order valence-corrected chi connectivity index (χ4v) is 1.96. The lowest BCUT2D eigenvalue weighted by Gasteiger charge is -2.41. The SMILES string of the molecule is CCOC(=O)NC1(CC(=O)CBr)CCC1. The molecule has 5 heteroatoms. The van der Waals surface area contributed by atoms with Crippen LogP contribution in [0.4, 0.5) is 4.79 Å². The van der Waals surface area contributed by atoms with Gasteiger partial charge in [0.1, 0.15) is 5.78 Å². The molecule has 0 atom stereocenters. The first-order valence-electron chi connectivity index (χ1n) is 5.14. The largest absolute Gasteiger partial charge is 0.450 e. The number of alkyl carbamates (subject to hydrolysis) is 1. The van der Waals surface area contributed by atoms with Gasteiger partial charge in [-0.1, -0.05) is 15.9 Å². The van der Waals surface area contributed by atoms with Gasteiger partial charge in [-0.3, -0.25) is 4.79 Å². The standard InChI is InChI=1S/C10H16BrNO3/c1-2-15-9(14)12-10(4-3-5-10)6-8(13)7-11/h2-7H2,1H3,(H,12,14). The molecule has 0 heterocycles. The average molecular weight is 278 g/mol. The molecular weight excluding hydrogens is 262 g/mol. The van der Waals surface area contributed by atoms with Crippen LogP contribution < -0.4 is 5.32 Å². The molecule has 0 radical (unpaired) electrons. The van der Waals surface area contributed by atoms with Crippen LogP contribution in [0.3, 0.4) is 0 Å². The second-order valence-electron chi connectivity index (χ2n) is 3.83. The Balaban J connectivity index is 2.46. The molecule has 0 unspecified atom stereocenters. The van der Waals surface area contributed by atoms with E-state index in [1.807, 2.05) is 0 Å². The number of halogens is 1. The summed E-state index contributed by atoms with van der Waals surface area (Å²) in [5, 5.41) is 3.14. The van der Waals surface area contributed by atoms with Crippen molar-refractivity contribution >= 4 is 27.8 Å². The van der Waals surface area contributed by atoms with Crippen LogP contribution in [-0.2, 0) is 9.53 Å². The summed E-state index contributed by atoms with van der Waals surface area (Å²) in [6.07, 6.45) is 2.77. The zero-order chi connectivity index (χ0) is 11.3. The van der Waals surface area contributed by atoms with E-state index >= 15 is 0 Å². The number of carbonyl (C=O) groups is 2. The third kappa shape index (κ3) is 3.48. The quantitative estimate of drug-likeness (QED) is 0.783. The summed E-state index contributed by atoms with van der Waals surface area (Å²) in [6.45, 7) is 2.12. The van der Waals surface area contributed by atoms with Gasteiger partial charge in [-0.05, 0) is 26.2 Å². The molecule has 0 aromatic rings. The van der Waals surface area contributed by atoms with Crippen molar-refractivity contribution in [1.29, 1.82) is 0 Å². The molecule has 1 saturated carbocycles. The minimum absolute atomic E-state index is 0.117. The predicted octanol–water partition coefficient (Wildman–Crippen LogP) is 2.01. The van der Waals surface area contributed by atoms with Gasteiger partial charge in [0.25, 0.3) is 0 Å². The van der Waals surface area contributed by atoms with Gasteiger partial charge in [0.2, 0.25) is 0 Å². The van der Waals surface area contributed by atoms with E-state index in [1.165, 1.54) is 0 Å². The highest BCUT2D eigenvalue weighted by Crippen LogP contribution is 2.35. The Kier molecular flexibility index (Phi) is 4.57. The van der Waals surface area contributed by atoms with Gasteiger partial charge in [-0.25, -0.2) is 4.79 Å². The highest BCUT2D eigenvalue weighted by molar-refractivity contribution is 9.09. The molecule has 1 aliphatic rings. The summed E-state index contributed by atoms with van der Waals surface area (Å²) in [5.74, 6) is 0.117. The van der Waals surface area contributed by atoms with E-state index in [2.05, 4.69) is 21.2 Å². The molecule has 0 bridgehead atoms. The number of ether oxygens (including phenoxy) is 1. The van der Waals surface area contributed by atoms with Gasteiger partial charge >= 0.3 is 6.09 Å². The van der Waals surface area contributed by atoms with Crippen molar-refractivity contribution in [3.63, 3.8) is 0 Å². The lowest BCUT2D eigenvalue weighted by molar-refractivity contribution is -0.118. The Bertz CT molecular complexity index is 251. The van der Waals surface area contributed by atoms with Crippen LogP contribution in [0, 0.1) is 0 Å². The monoisotopic (exact) mass is 277 g/mol. The van der Waals surface area contributed by atoms with Crippen LogP contribution in [0.5, 0.6) is 0 Å². The van der Waals surface area contributed by atoms with E-state index in [-0.39, 0.29) is 11.3 Å². The number of Topliss-reactive ketones (excluding diaryl/α,β-unsaturated/α-hetero) is 1. The van der Waals surface area contributed by atoms with Gasteiger partial charge in [0.15, 0.2) is 0 Å². The van der Waals surface area contributed by atoms with Crippen molar-refractivity contribution in [3.8, 4) is 0 Å². The molecule has 15 heavy (non-hydrogen) atoms. The number of carbonyl (C=O) groups excluding carboxylic acids is 2. The summed E-state index contributed by atoms with van der Waals surface area (Å²) < 4.78 is 4.82. The minimum atomic E-state index is -0.417. The molecule has 0 aromatic carbocycles. The number of nitrogens with one attached hydrogen (secondary N) is 1. The van der Waals surface area contributed by atoms with Crippen LogP contribution in [-0.4, -0.2) is 29.4 Å². The molecule has 0 aliphatic heterocycles. The number of hydrogen-bond acceptors (Lipinski definition) is 3. The number of ketones is 1. The lowest BCUT2D eigenvalue weighted by Crippen LogP contribution is -2.54. The highest BCUT2D eigenvalue weighted by Gasteiger charge is 2.40. The second-order valence-corrected chi connectivity index (χ2v) is 4.39. The Morgan fingerprint density at radius 3 is 2.53 bits per heavy atom. The van der Waals surface area contributed by atoms with Crippen LogP contribution >= 0.6 is 15.9 Å². The molecule has 0 spiro atoms. The van der Waals surface area contributed by atoms with Crippen LogP contribution in [0.1, 0.15) is 32.6 Å². The number of rotatable bonds is 5. The zero-order valence-electron chi connectivity index (χ0n) is 8.85. The molecule has 4 nitrogen and oxygen atoms in total. The Labute approximate surface area is 97.9 Å². The van der Waals surface area contributed by atoms with E-state index in [4.69, 9.17) is 4.74 Å². The molecule has 1 aliphatic carbocycles. The predicted molar refractivity (Wildman–Crippen MR) is 60.2 cm³/mol. The maximum Gasteiger partial charge on any atom is 0.407 e. The fraction of sp³-hybridized carbons (Fsp3) is 0.800. The van der Waals surface area contributed by atoms with Crippen molar-refractivity contribution in [3.05, 3.63) is 0 Å². The van der Waals surface area contributed by atoms with Gasteiger partial charge < -0.3 is 10.1 Å². The highest BCUT2D eigenvalue weighted by atomic mass is 79.9. The minimum Gasteiger partial charge on any atom is -0.450 e. The van der Waals surface area contributed by atoms with Crippen molar-refractivity contribution in [2.45, 2.75) is 38.1 Å². The van der Waals surface area contributed by atoms with E-state index in [0.29, 0.717) is 18.4 Å². The molecule has 1 fully saturated rings. The summed E-state index contributed by atoms with van der Waals surface area (Å²) in [6, 6.07) is 0. The number of hydrogen-bond donors (Lipinski definition) is 1. The third-order valence-electron chi connectivity index (χ3n) is 2.64. The number of alkyl halides is 1. The molecular formula is C10H16BrNO3. The summed E-state index contributed by atoms with van der Waals surface area (Å²) in [7, 11) is 0. The normalized spacial score (nSPS) is 17.7. The average Bonchev–Trinajstić information content (AvgIpc) is 2.14. The van der Waals surface area contributed by atoms with Gasteiger partial charge in [0, 0.05) is 6.42 Å². The Morgan fingerprint density at radius 2 is 2.13 bits per heavy atom. The maximum atomic E-state index is 11.3. The first kappa shape index (κ1) is 12.5. The molecule has 1 amide bonds. The first-order valence-corrected chi connectivity index (χ1v) is 6.26. The summed E-state index contributed by atoms with van der Waals surface area (Å²) in [5.41, 5.74) is -0.336. The third-order valence-corrected chi connectivity index (χ3v) is 3.26. The van der Waals surface area contributed by atoms with Crippen molar-refractivity contribution in [2.24, 2.45) is 0 Å². The van der Waals surface area contributed by atoms with Crippen molar-refractivity contribution in [2.75, 3.05) is 11.9 Å². The molecule has 0 aromatic heterocycles. The zero-order valence-corrected chi connectivity index (χ0v) is 10.4. The maximum absolute atomic E-state index is 11.3. The smallest absolute Gasteiger partial charge is 0.407 e. The van der Waals surface area contributed by atoms with Gasteiger partial charge in [0.05, 0.1) is 17.5 Å². The summed E-state index contributed by atoms with van der Waals surface area (Å²) in [4.78, 5) is 22.6. The molecule has 86 valence electrons. The Hall–Kier alpha value is -0.580. The van der Waals surface area contributed by atoms with Gasteiger partial charge in [-0.2, -0.15) is 0 Å². The van der Waals surface area contributed by atoms with Crippen molar-refractivity contribution < 1.29 is 14.3 Å². The molecule has 1 rings (SSSR count). The van der Waals surface area contributed by atoms with Crippen LogP contribution in [0.15, 0.2) is 0 Å². The molecule has 0 saturated heterocycles. The number of amides is 1. The van der Waals surface area contributed by atoms with E-state index in [1.54, 1.807) is 6.92 Å². The first-order chi connectivity index (χ1) is 7.12. The lowest BCUT2D eigenvalue weighted by atomic mass is 9.73. The van der Waals surface area contributed by atoms with Crippen molar-refractivity contribution in [1.82, 2.24) is 5.32 Å². The van der Waals surface area contributed by atoms with E-state index in [0.717, 1.165) is 19.3 Å². The van der Waals surface area contributed by atoms with Crippen LogP contribution in [0.2, 0.25) is 0 Å². The Morgan fingerprint density at radius 1 is 1.47 bits per heavy atom. The van der Waals surface area contributed by atoms with E-state index < -0.39 is 6.09 Å². The molecule has 1 N–H and O–H groups in total. The van der Waals surface area contributed by atoms with Gasteiger partial charge in [-0.15, -0.1) is 0 Å². The second kappa shape index (κ2) is 5.49. The van der Waals surface area contributed by atoms with Crippen LogP contribution in [0.25, 0.3) is 0 Å². The van der Waals surface area contributed by atoms with E-state index in [9.17, 15) is 9.59 Å². The topological polar surface area (TPSA) is 55.4 Å². The summed E-state index contributed by atoms with van der Waals surface area (Å²) >= 11 is 3.12.